The van der Waals surface area contributed by atoms with Crippen LogP contribution >= 0.6 is 0 Å². The summed E-state index contributed by atoms with van der Waals surface area (Å²) >= 11 is 0. The van der Waals surface area contributed by atoms with E-state index in [2.05, 4.69) is 0 Å². The number of hydrogen-bond acceptors (Lipinski definition) is 12. The molecule has 0 aliphatic heterocycles. The zero-order chi connectivity index (χ0) is 16.6. The molecule has 4 unspecified atom stereocenters. The minimum absolute atomic E-state index is 0. The second-order valence-corrected chi connectivity index (χ2v) is 3.06. The predicted molar refractivity (Wildman–Crippen MR) is 55.6 cm³/mol. The molecular formula is C8H8BaO12Sr. The average Bonchev–Trinajstić information content (AvgIpc) is 2.35. The Hall–Kier alpha value is 0.772. The van der Waals surface area contributed by atoms with Gasteiger partial charge in [0.1, 0.15) is 24.4 Å². The Morgan fingerprint density at radius 3 is 0.682 bits per heavy atom. The average molecular weight is 521 g/mol. The standard InChI is InChI=1S/2C4H6O6.Ba.Sr/c2*5-1(3(7)8)2(6)4(9)10;;/h2*1-2,5-6H,(H,7,8)(H,9,10);;/q;;2*+2/p-4. The van der Waals surface area contributed by atoms with Crippen LogP contribution in [0.5, 0.6) is 0 Å². The molecule has 0 aliphatic rings. The summed E-state index contributed by atoms with van der Waals surface area (Å²) in [7, 11) is 0. The molecule has 0 saturated carbocycles. The van der Waals surface area contributed by atoms with E-state index in [9.17, 15) is 39.6 Å². The SMILES string of the molecule is O=C([O-])C(O)C(O)C(=O)[O-].O=C([O-])C(O)C(O)C(=O)[O-].[Ba+2].[Sr+2]. The van der Waals surface area contributed by atoms with Crippen molar-refractivity contribution < 1.29 is 60.0 Å². The minimum Gasteiger partial charge on any atom is -0.547 e. The quantitative estimate of drug-likeness (QED) is 0.238. The van der Waals surface area contributed by atoms with Crippen molar-refractivity contribution in [3.05, 3.63) is 0 Å². The van der Waals surface area contributed by atoms with E-state index in [1.165, 1.54) is 0 Å². The smallest absolute Gasteiger partial charge is 0.547 e. The molecule has 0 bridgehead atoms. The number of aliphatic hydroxyl groups is 4. The van der Waals surface area contributed by atoms with Crippen molar-refractivity contribution in [2.75, 3.05) is 0 Å². The molecule has 4 N–H and O–H groups in total. The maximum atomic E-state index is 9.63. The predicted octanol–water partition coefficient (Wildman–Crippen LogP) is -10.3. The first-order valence-electron chi connectivity index (χ1n) is 4.49. The molecular weight excluding hydrogens is 513 g/mol. The minimum atomic E-state index is -2.44. The van der Waals surface area contributed by atoms with Crippen LogP contribution in [-0.4, -0.2) is 163 Å². The van der Waals surface area contributed by atoms with Crippen LogP contribution in [0, 0.1) is 0 Å². The summed E-state index contributed by atoms with van der Waals surface area (Å²) in [6.45, 7) is 0. The van der Waals surface area contributed by atoms with Gasteiger partial charge >= 0.3 is 94.4 Å². The van der Waals surface area contributed by atoms with E-state index in [-0.39, 0.29) is 94.4 Å². The van der Waals surface area contributed by atoms with E-state index in [1.54, 1.807) is 0 Å². The second-order valence-electron chi connectivity index (χ2n) is 3.06. The van der Waals surface area contributed by atoms with Crippen LogP contribution in [0.3, 0.4) is 0 Å². The topological polar surface area (TPSA) is 241 Å². The molecule has 0 radical (unpaired) electrons. The van der Waals surface area contributed by atoms with Crippen molar-refractivity contribution in [3.63, 3.8) is 0 Å². The van der Waals surface area contributed by atoms with Crippen LogP contribution in [0.1, 0.15) is 0 Å². The summed E-state index contributed by atoms with van der Waals surface area (Å²) < 4.78 is 0. The van der Waals surface area contributed by atoms with Crippen molar-refractivity contribution in [2.45, 2.75) is 24.4 Å². The van der Waals surface area contributed by atoms with Crippen LogP contribution in [0.25, 0.3) is 0 Å². The van der Waals surface area contributed by atoms with Gasteiger partial charge < -0.3 is 60.0 Å². The van der Waals surface area contributed by atoms with Gasteiger partial charge in [-0.15, -0.1) is 0 Å². The first-order valence-corrected chi connectivity index (χ1v) is 4.49. The number of rotatable bonds is 6. The Morgan fingerprint density at radius 2 is 0.636 bits per heavy atom. The molecule has 12 nitrogen and oxygen atoms in total. The maximum absolute atomic E-state index is 9.63. The molecule has 0 rings (SSSR count). The maximum Gasteiger partial charge on any atom is 2.00 e. The van der Waals surface area contributed by atoms with Gasteiger partial charge in [-0.25, -0.2) is 0 Å². The molecule has 0 fully saturated rings. The molecule has 0 amide bonds. The summed E-state index contributed by atoms with van der Waals surface area (Å²) in [5.74, 6) is -8.23. The molecule has 0 aliphatic carbocycles. The number of aliphatic carboxylic acids is 4. The number of carbonyl (C=O) groups excluding carboxylic acids is 4. The fraction of sp³-hybridized carbons (Fsp3) is 0.500. The number of carboxylic acids is 4. The van der Waals surface area contributed by atoms with Gasteiger partial charge in [-0.05, 0) is 0 Å². The number of aliphatic hydroxyl groups excluding tert-OH is 4. The van der Waals surface area contributed by atoms with Crippen molar-refractivity contribution in [1.29, 1.82) is 0 Å². The largest absolute Gasteiger partial charge is 2.00 e. The van der Waals surface area contributed by atoms with Gasteiger partial charge in [0.2, 0.25) is 0 Å². The van der Waals surface area contributed by atoms with Crippen molar-refractivity contribution in [3.8, 4) is 0 Å². The molecule has 4 atom stereocenters. The van der Waals surface area contributed by atoms with Crippen LogP contribution in [0.4, 0.5) is 0 Å². The Kier molecular flexibility index (Phi) is 21.3. The monoisotopic (exact) mass is 522 g/mol. The summed E-state index contributed by atoms with van der Waals surface area (Å²) in [6, 6.07) is 0. The third-order valence-electron chi connectivity index (χ3n) is 1.56. The normalized spacial score (nSPS) is 14.4. The van der Waals surface area contributed by atoms with Crippen molar-refractivity contribution >= 4 is 118 Å². The zero-order valence-corrected chi connectivity index (χ0v) is 18.7. The summed E-state index contributed by atoms with van der Waals surface area (Å²) in [5, 5.41) is 71.5. The van der Waals surface area contributed by atoms with Gasteiger partial charge in [-0.1, -0.05) is 0 Å². The fourth-order valence-electron chi connectivity index (χ4n) is 0.516. The molecule has 0 aromatic carbocycles. The van der Waals surface area contributed by atoms with E-state index in [1.807, 2.05) is 0 Å². The molecule has 14 heteroatoms. The van der Waals surface area contributed by atoms with E-state index >= 15 is 0 Å². The summed E-state index contributed by atoms with van der Waals surface area (Å²) in [4.78, 5) is 38.5. The van der Waals surface area contributed by atoms with Gasteiger partial charge in [0.25, 0.3) is 0 Å². The van der Waals surface area contributed by atoms with Crippen LogP contribution in [0.15, 0.2) is 0 Å². The van der Waals surface area contributed by atoms with Gasteiger partial charge in [-0.3, -0.25) is 0 Å². The first-order chi connectivity index (χ1) is 8.93. The van der Waals surface area contributed by atoms with Gasteiger partial charge in [0, 0.05) is 0 Å². The van der Waals surface area contributed by atoms with Crippen molar-refractivity contribution in [1.82, 2.24) is 0 Å². The van der Waals surface area contributed by atoms with Crippen LogP contribution in [0.2, 0.25) is 0 Å². The van der Waals surface area contributed by atoms with E-state index in [0.29, 0.717) is 0 Å². The molecule has 0 aromatic rings. The first kappa shape index (κ1) is 30.6. The molecule has 0 aromatic heterocycles. The molecule has 0 spiro atoms. The second kappa shape index (κ2) is 15.3. The molecule has 0 saturated heterocycles. The van der Waals surface area contributed by atoms with Crippen LogP contribution in [-0.2, 0) is 19.2 Å². The van der Waals surface area contributed by atoms with E-state index in [0.717, 1.165) is 0 Å². The molecule has 22 heavy (non-hydrogen) atoms. The Balaban J connectivity index is -0.000000135. The van der Waals surface area contributed by atoms with E-state index < -0.39 is 48.3 Å². The number of hydrogen-bond donors (Lipinski definition) is 4. The molecule has 116 valence electrons. The number of carbonyl (C=O) groups is 4. The van der Waals surface area contributed by atoms with Gasteiger partial charge in [-0.2, -0.15) is 0 Å². The Labute approximate surface area is 199 Å². The van der Waals surface area contributed by atoms with Crippen molar-refractivity contribution in [2.24, 2.45) is 0 Å². The number of carboxylic acid groups (broad SMARTS) is 4. The van der Waals surface area contributed by atoms with E-state index in [4.69, 9.17) is 20.4 Å². The Bertz CT molecular complexity index is 315. The van der Waals surface area contributed by atoms with Gasteiger partial charge in [0.15, 0.2) is 0 Å². The Morgan fingerprint density at radius 1 is 0.545 bits per heavy atom. The third-order valence-corrected chi connectivity index (χ3v) is 1.56. The molecule has 0 heterocycles. The fourth-order valence-corrected chi connectivity index (χ4v) is 0.516. The summed E-state index contributed by atoms with van der Waals surface area (Å²) in [5.41, 5.74) is 0. The zero-order valence-electron chi connectivity index (χ0n) is 10.8. The van der Waals surface area contributed by atoms with Gasteiger partial charge in [0.05, 0.1) is 23.9 Å². The third kappa shape index (κ3) is 13.2. The summed E-state index contributed by atoms with van der Waals surface area (Å²) in [6.07, 6.45) is -9.76. The van der Waals surface area contributed by atoms with Crippen LogP contribution < -0.4 is 20.4 Å².